The molecule has 1 aromatic heterocycles. The lowest BCUT2D eigenvalue weighted by Crippen LogP contribution is -2.13. The zero-order chi connectivity index (χ0) is 21.7. The van der Waals surface area contributed by atoms with E-state index in [1.54, 1.807) is 43.5 Å². The van der Waals surface area contributed by atoms with Crippen LogP contribution in [0.3, 0.4) is 0 Å². The van der Waals surface area contributed by atoms with E-state index in [-0.39, 0.29) is 16.3 Å². The minimum Gasteiger partial charge on any atom is -0.280 e. The molecule has 0 saturated carbocycles. The van der Waals surface area contributed by atoms with Crippen LogP contribution >= 0.6 is 11.6 Å². The molecule has 0 aliphatic rings. The smallest absolute Gasteiger partial charge is 0.280 e. The van der Waals surface area contributed by atoms with Crippen LogP contribution in [0.5, 0.6) is 0 Å². The van der Waals surface area contributed by atoms with E-state index in [1.807, 2.05) is 0 Å². The highest BCUT2D eigenvalue weighted by Gasteiger charge is 2.22. The number of nitro groups is 1. The van der Waals surface area contributed by atoms with Crippen LogP contribution in [0.2, 0.25) is 5.02 Å². The zero-order valence-corrected chi connectivity index (χ0v) is 17.2. The summed E-state index contributed by atoms with van der Waals surface area (Å²) in [5, 5.41) is 15.9. The van der Waals surface area contributed by atoms with E-state index in [2.05, 4.69) is 20.2 Å². The second-order valence-electron chi connectivity index (χ2n) is 6.08. The van der Waals surface area contributed by atoms with Gasteiger partial charge in [0.05, 0.1) is 26.9 Å². The number of hydrogen-bond acceptors (Lipinski definition) is 7. The van der Waals surface area contributed by atoms with Gasteiger partial charge in [0.2, 0.25) is 0 Å². The molecule has 9 nitrogen and oxygen atoms in total. The molecular formula is C19H16ClN5O4S. The van der Waals surface area contributed by atoms with Gasteiger partial charge < -0.3 is 0 Å². The predicted molar refractivity (Wildman–Crippen MR) is 115 cm³/mol. The maximum atomic E-state index is 12.6. The average molecular weight is 446 g/mol. The summed E-state index contributed by atoms with van der Waals surface area (Å²) in [6.07, 6.45) is 1.60. The van der Waals surface area contributed by atoms with Crippen molar-refractivity contribution in [2.75, 3.05) is 10.1 Å². The monoisotopic (exact) mass is 445 g/mol. The van der Waals surface area contributed by atoms with Gasteiger partial charge in [0.25, 0.3) is 15.7 Å². The van der Waals surface area contributed by atoms with Gasteiger partial charge in [0.15, 0.2) is 0 Å². The first-order valence-electron chi connectivity index (χ1n) is 8.55. The maximum absolute atomic E-state index is 12.6. The normalized spacial score (nSPS) is 11.7. The number of hydrazone groups is 1. The molecule has 0 radical (unpaired) electrons. The van der Waals surface area contributed by atoms with Gasteiger partial charge >= 0.3 is 0 Å². The second-order valence-corrected chi connectivity index (χ2v) is 8.19. The fourth-order valence-corrected chi connectivity index (χ4v) is 3.73. The van der Waals surface area contributed by atoms with Gasteiger partial charge in [-0.25, -0.2) is 8.42 Å². The predicted octanol–water partition coefficient (Wildman–Crippen LogP) is 4.28. The number of aromatic nitrogens is 1. The molecule has 0 amide bonds. The Balaban J connectivity index is 1.89. The van der Waals surface area contributed by atoms with Gasteiger partial charge in [-0.1, -0.05) is 23.7 Å². The van der Waals surface area contributed by atoms with E-state index < -0.39 is 20.6 Å². The van der Waals surface area contributed by atoms with Crippen molar-refractivity contribution in [2.24, 2.45) is 5.10 Å². The number of rotatable bonds is 7. The van der Waals surface area contributed by atoms with Gasteiger partial charge in [-0.15, -0.1) is 0 Å². The summed E-state index contributed by atoms with van der Waals surface area (Å²) in [5.41, 5.74) is 3.54. The molecule has 2 aromatic carbocycles. The highest BCUT2D eigenvalue weighted by atomic mass is 35.5. The van der Waals surface area contributed by atoms with Crippen LogP contribution < -0.4 is 10.1 Å². The summed E-state index contributed by atoms with van der Waals surface area (Å²) in [4.78, 5) is 14.7. The molecule has 30 heavy (non-hydrogen) atoms. The van der Waals surface area contributed by atoms with Crippen LogP contribution in [-0.4, -0.2) is 24.0 Å². The number of nitrogens with zero attached hydrogens (tertiary/aromatic N) is 3. The van der Waals surface area contributed by atoms with E-state index in [9.17, 15) is 18.5 Å². The third-order valence-electron chi connectivity index (χ3n) is 3.93. The topological polar surface area (TPSA) is 127 Å². The molecule has 3 rings (SSSR count). The number of nitrogens with one attached hydrogen (secondary N) is 2. The average Bonchev–Trinajstić information content (AvgIpc) is 2.72. The van der Waals surface area contributed by atoms with Gasteiger partial charge in [0, 0.05) is 17.3 Å². The second kappa shape index (κ2) is 8.89. The zero-order valence-electron chi connectivity index (χ0n) is 15.6. The molecule has 0 aliphatic heterocycles. The summed E-state index contributed by atoms with van der Waals surface area (Å²) < 4.78 is 27.6. The van der Waals surface area contributed by atoms with Crippen molar-refractivity contribution in [1.29, 1.82) is 0 Å². The van der Waals surface area contributed by atoms with E-state index >= 15 is 0 Å². The molecule has 0 atom stereocenters. The lowest BCUT2D eigenvalue weighted by molar-refractivity contribution is -0.384. The molecule has 0 spiro atoms. The van der Waals surface area contributed by atoms with Crippen LogP contribution in [0.15, 0.2) is 76.9 Å². The number of halogens is 1. The Bertz CT molecular complexity index is 1220. The van der Waals surface area contributed by atoms with Crippen molar-refractivity contribution in [3.8, 4) is 0 Å². The Kier molecular flexibility index (Phi) is 6.28. The quantitative estimate of drug-likeness (QED) is 0.317. The summed E-state index contributed by atoms with van der Waals surface area (Å²) in [5.74, 6) is 0. The van der Waals surface area contributed by atoms with Crippen LogP contribution in [0, 0.1) is 10.1 Å². The Hall–Kier alpha value is -3.50. The fourth-order valence-electron chi connectivity index (χ4n) is 2.47. The Morgan fingerprint density at radius 3 is 2.60 bits per heavy atom. The Morgan fingerprint density at radius 2 is 1.93 bits per heavy atom. The Labute approximate surface area is 177 Å². The highest BCUT2D eigenvalue weighted by Crippen LogP contribution is 2.29. The molecule has 0 bridgehead atoms. The largest absolute Gasteiger partial charge is 0.295 e. The van der Waals surface area contributed by atoms with Crippen LogP contribution in [-0.2, 0) is 10.0 Å². The third kappa shape index (κ3) is 5.10. The first-order chi connectivity index (χ1) is 14.3. The number of nitro benzene ring substituents is 1. The van der Waals surface area contributed by atoms with Crippen molar-refractivity contribution in [2.45, 2.75) is 11.8 Å². The molecule has 0 saturated heterocycles. The molecule has 154 valence electrons. The fraction of sp³-hybridized carbons (Fsp3) is 0.0526. The molecular weight excluding hydrogens is 430 g/mol. The summed E-state index contributed by atoms with van der Waals surface area (Å²) in [6.45, 7) is 1.69. The molecule has 0 fully saturated rings. The van der Waals surface area contributed by atoms with Crippen molar-refractivity contribution >= 4 is 44.4 Å². The molecule has 3 aromatic rings. The third-order valence-corrected chi connectivity index (χ3v) is 5.55. The van der Waals surface area contributed by atoms with Crippen molar-refractivity contribution in [1.82, 2.24) is 4.98 Å². The van der Waals surface area contributed by atoms with Gasteiger partial charge in [0.1, 0.15) is 5.69 Å². The van der Waals surface area contributed by atoms with E-state index in [0.29, 0.717) is 16.4 Å². The minimum absolute atomic E-state index is 0.0389. The van der Waals surface area contributed by atoms with Crippen LogP contribution in [0.25, 0.3) is 0 Å². The lowest BCUT2D eigenvalue weighted by Gasteiger charge is -2.10. The van der Waals surface area contributed by atoms with E-state index in [4.69, 9.17) is 11.6 Å². The molecule has 0 unspecified atom stereocenters. The van der Waals surface area contributed by atoms with Crippen LogP contribution in [0.4, 0.5) is 17.1 Å². The van der Waals surface area contributed by atoms with Crippen molar-refractivity contribution in [3.63, 3.8) is 0 Å². The molecule has 2 N–H and O–H groups in total. The lowest BCUT2D eigenvalue weighted by atomic mass is 10.2. The van der Waals surface area contributed by atoms with Crippen molar-refractivity contribution in [3.05, 3.63) is 87.7 Å². The minimum atomic E-state index is -4.06. The molecule has 0 aliphatic carbocycles. The van der Waals surface area contributed by atoms with E-state index in [1.165, 1.54) is 24.3 Å². The van der Waals surface area contributed by atoms with Crippen molar-refractivity contribution < 1.29 is 13.3 Å². The summed E-state index contributed by atoms with van der Waals surface area (Å²) in [7, 11) is -4.06. The number of anilines is 2. The Morgan fingerprint density at radius 1 is 1.13 bits per heavy atom. The summed E-state index contributed by atoms with van der Waals surface area (Å²) in [6, 6.07) is 14.9. The standard InChI is InChI=1S/C19H16ClN5O4S/c1-13(17-7-2-3-10-21-17)22-23-18-9-8-16(12-19(18)25(26)27)30(28,29)24-15-6-4-5-14(20)11-15/h2-12,23-24H,1H3. The summed E-state index contributed by atoms with van der Waals surface area (Å²) >= 11 is 5.86. The maximum Gasteiger partial charge on any atom is 0.295 e. The number of hydrogen-bond donors (Lipinski definition) is 2. The molecule has 11 heteroatoms. The van der Waals surface area contributed by atoms with Gasteiger partial charge in [-0.2, -0.15) is 5.10 Å². The van der Waals surface area contributed by atoms with Crippen LogP contribution in [0.1, 0.15) is 12.6 Å². The first-order valence-corrected chi connectivity index (χ1v) is 10.4. The van der Waals surface area contributed by atoms with Gasteiger partial charge in [-0.05, 0) is 49.4 Å². The SMILES string of the molecule is CC(=NNc1ccc(S(=O)(=O)Nc2cccc(Cl)c2)cc1[N+](=O)[O-])c1ccccn1. The highest BCUT2D eigenvalue weighted by molar-refractivity contribution is 7.92. The number of benzene rings is 2. The van der Waals surface area contributed by atoms with E-state index in [0.717, 1.165) is 6.07 Å². The number of sulfonamides is 1. The number of pyridine rings is 1. The van der Waals surface area contributed by atoms with Gasteiger partial charge in [-0.3, -0.25) is 25.2 Å². The first kappa shape index (κ1) is 21.2. The molecule has 1 heterocycles.